The Kier molecular flexibility index (Phi) is 4.22. The van der Waals surface area contributed by atoms with Gasteiger partial charge in [-0.3, -0.25) is 4.40 Å². The van der Waals surface area contributed by atoms with E-state index in [9.17, 15) is 0 Å². The van der Waals surface area contributed by atoms with Crippen LogP contribution in [-0.4, -0.2) is 33.6 Å². The minimum Gasteiger partial charge on any atom is -0.497 e. The maximum absolute atomic E-state index is 6.01. The Labute approximate surface area is 154 Å². The molecule has 26 heavy (non-hydrogen) atoms. The molecule has 1 N–H and O–H groups in total. The average Bonchev–Trinajstić information content (AvgIpc) is 3.16. The number of anilines is 1. The highest BCUT2D eigenvalue weighted by Gasteiger charge is 2.11. The van der Waals surface area contributed by atoms with E-state index >= 15 is 0 Å². The Morgan fingerprint density at radius 2 is 2.00 bits per heavy atom. The number of fused-ring (bicyclic) bond motifs is 3. The Morgan fingerprint density at radius 3 is 2.81 bits per heavy atom. The van der Waals surface area contributed by atoms with Gasteiger partial charge in [-0.05, 0) is 12.1 Å². The highest BCUT2D eigenvalue weighted by molar-refractivity contribution is 6.30. The summed E-state index contributed by atoms with van der Waals surface area (Å²) in [6.45, 7) is 0.535. The molecule has 0 bridgehead atoms. The molecule has 0 radical (unpaired) electrons. The molecule has 3 aromatic heterocycles. The number of nitrogens with zero attached hydrogens (tertiary/aromatic N) is 4. The van der Waals surface area contributed by atoms with E-state index in [1.807, 2.05) is 22.6 Å². The summed E-state index contributed by atoms with van der Waals surface area (Å²) in [5, 5.41) is 3.77. The van der Waals surface area contributed by atoms with Crippen LogP contribution in [-0.2, 0) is 6.54 Å². The highest BCUT2D eigenvalue weighted by Crippen LogP contribution is 2.27. The molecular weight excluding hydrogens is 354 g/mol. The smallest absolute Gasteiger partial charge is 0.153 e. The highest BCUT2D eigenvalue weighted by atomic mass is 35.5. The lowest BCUT2D eigenvalue weighted by molar-refractivity contribution is 0.391. The second kappa shape index (κ2) is 6.68. The standard InChI is InChI=1S/C18H16ClN5O2/c1-25-12-4-3-11(16(5-12)26-2)7-22-18-15-9-20-10-24(15)14-6-17(19)21-8-13(14)23-18/h3-6,8-10H,7H2,1-2H3,(H,22,23). The van der Waals surface area contributed by atoms with Crippen LogP contribution in [0.5, 0.6) is 11.5 Å². The fraction of sp³-hybridized carbons (Fsp3) is 0.167. The quantitative estimate of drug-likeness (QED) is 0.542. The molecule has 0 spiro atoms. The third kappa shape index (κ3) is 2.86. The van der Waals surface area contributed by atoms with Crippen LogP contribution in [0.2, 0.25) is 5.15 Å². The molecular formula is C18H16ClN5O2. The first-order valence-electron chi connectivity index (χ1n) is 7.91. The predicted octanol–water partition coefficient (Wildman–Crippen LogP) is 3.56. The number of benzene rings is 1. The van der Waals surface area contributed by atoms with Crippen LogP contribution in [0.4, 0.5) is 5.82 Å². The van der Waals surface area contributed by atoms with Crippen LogP contribution in [0.15, 0.2) is 43.0 Å². The van der Waals surface area contributed by atoms with Gasteiger partial charge in [-0.15, -0.1) is 0 Å². The van der Waals surface area contributed by atoms with E-state index < -0.39 is 0 Å². The summed E-state index contributed by atoms with van der Waals surface area (Å²) >= 11 is 6.01. The third-order valence-electron chi connectivity index (χ3n) is 4.14. The lowest BCUT2D eigenvalue weighted by Crippen LogP contribution is -2.06. The number of imidazole rings is 1. The predicted molar refractivity (Wildman–Crippen MR) is 100 cm³/mol. The van der Waals surface area contributed by atoms with Crippen LogP contribution < -0.4 is 14.8 Å². The number of ether oxygens (including phenoxy) is 2. The van der Waals surface area contributed by atoms with Gasteiger partial charge in [-0.2, -0.15) is 0 Å². The average molecular weight is 370 g/mol. The SMILES string of the molecule is COc1ccc(CNc2nc3cnc(Cl)cc3n3cncc23)c(OC)c1. The molecule has 0 saturated heterocycles. The Morgan fingerprint density at radius 1 is 1.12 bits per heavy atom. The lowest BCUT2D eigenvalue weighted by atomic mass is 10.2. The molecule has 0 amide bonds. The maximum atomic E-state index is 6.01. The number of pyridine rings is 1. The largest absolute Gasteiger partial charge is 0.497 e. The van der Waals surface area contributed by atoms with Crippen molar-refractivity contribution in [1.29, 1.82) is 0 Å². The van der Waals surface area contributed by atoms with Crippen molar-refractivity contribution in [2.75, 3.05) is 19.5 Å². The van der Waals surface area contributed by atoms with Gasteiger partial charge in [-0.25, -0.2) is 15.0 Å². The second-order valence-electron chi connectivity index (χ2n) is 5.64. The fourth-order valence-electron chi connectivity index (χ4n) is 2.84. The first-order chi connectivity index (χ1) is 12.7. The van der Waals surface area contributed by atoms with E-state index in [1.54, 1.807) is 39.0 Å². The van der Waals surface area contributed by atoms with Crippen molar-refractivity contribution in [2.24, 2.45) is 0 Å². The molecule has 0 aliphatic carbocycles. The lowest BCUT2D eigenvalue weighted by Gasteiger charge is -2.13. The van der Waals surface area contributed by atoms with Crippen molar-refractivity contribution < 1.29 is 9.47 Å². The third-order valence-corrected chi connectivity index (χ3v) is 4.35. The summed E-state index contributed by atoms with van der Waals surface area (Å²) in [5.41, 5.74) is 3.42. The molecule has 7 nitrogen and oxygen atoms in total. The van der Waals surface area contributed by atoms with Gasteiger partial charge in [0.25, 0.3) is 0 Å². The van der Waals surface area contributed by atoms with Gasteiger partial charge in [0, 0.05) is 24.2 Å². The maximum Gasteiger partial charge on any atom is 0.153 e. The van der Waals surface area contributed by atoms with Crippen molar-refractivity contribution in [3.8, 4) is 11.5 Å². The van der Waals surface area contributed by atoms with Gasteiger partial charge in [0.05, 0.1) is 38.5 Å². The molecule has 0 aliphatic heterocycles. The zero-order chi connectivity index (χ0) is 18.1. The van der Waals surface area contributed by atoms with Crippen molar-refractivity contribution in [2.45, 2.75) is 6.54 Å². The van der Waals surface area contributed by atoms with Gasteiger partial charge in [0.1, 0.15) is 27.7 Å². The van der Waals surface area contributed by atoms with Gasteiger partial charge in [0.15, 0.2) is 5.82 Å². The van der Waals surface area contributed by atoms with Crippen LogP contribution in [0.25, 0.3) is 16.6 Å². The molecule has 132 valence electrons. The summed E-state index contributed by atoms with van der Waals surface area (Å²) in [6, 6.07) is 7.48. The molecule has 0 unspecified atom stereocenters. The van der Waals surface area contributed by atoms with Gasteiger partial charge < -0.3 is 14.8 Å². The monoisotopic (exact) mass is 369 g/mol. The number of nitrogens with one attached hydrogen (secondary N) is 1. The van der Waals surface area contributed by atoms with Crippen LogP contribution in [0.3, 0.4) is 0 Å². The molecule has 0 atom stereocenters. The molecule has 8 heteroatoms. The van der Waals surface area contributed by atoms with E-state index in [0.29, 0.717) is 17.5 Å². The van der Waals surface area contributed by atoms with Crippen molar-refractivity contribution in [3.63, 3.8) is 0 Å². The summed E-state index contributed by atoms with van der Waals surface area (Å²) < 4.78 is 12.6. The summed E-state index contributed by atoms with van der Waals surface area (Å²) in [4.78, 5) is 13.0. The minimum atomic E-state index is 0.415. The Hall–Kier alpha value is -3.06. The number of aromatic nitrogens is 4. The summed E-state index contributed by atoms with van der Waals surface area (Å²) in [6.07, 6.45) is 5.14. The normalized spacial score (nSPS) is 11.0. The Balaban J connectivity index is 1.71. The number of rotatable bonds is 5. The van der Waals surface area contributed by atoms with E-state index in [0.717, 1.165) is 33.6 Å². The minimum absolute atomic E-state index is 0.415. The second-order valence-corrected chi connectivity index (χ2v) is 6.02. The fourth-order valence-corrected chi connectivity index (χ4v) is 2.99. The topological polar surface area (TPSA) is 73.6 Å². The molecule has 4 rings (SSSR count). The van der Waals surface area contributed by atoms with Crippen molar-refractivity contribution >= 4 is 34.0 Å². The molecule has 4 aromatic rings. The summed E-state index contributed by atoms with van der Waals surface area (Å²) in [5.74, 6) is 2.20. The molecule has 0 saturated carbocycles. The van der Waals surface area contributed by atoms with Gasteiger partial charge in [-0.1, -0.05) is 11.6 Å². The first kappa shape index (κ1) is 16.4. The first-order valence-corrected chi connectivity index (χ1v) is 8.29. The van der Waals surface area contributed by atoms with Crippen molar-refractivity contribution in [1.82, 2.24) is 19.4 Å². The van der Waals surface area contributed by atoms with Crippen LogP contribution >= 0.6 is 11.6 Å². The number of halogens is 1. The molecule has 1 aromatic carbocycles. The summed E-state index contributed by atoms with van der Waals surface area (Å²) in [7, 11) is 3.26. The van der Waals surface area contributed by atoms with E-state index in [4.69, 9.17) is 21.1 Å². The number of hydrogen-bond acceptors (Lipinski definition) is 6. The van der Waals surface area contributed by atoms with E-state index in [2.05, 4.69) is 20.3 Å². The van der Waals surface area contributed by atoms with E-state index in [1.165, 1.54) is 0 Å². The number of methoxy groups -OCH3 is 2. The number of hydrogen-bond donors (Lipinski definition) is 1. The zero-order valence-electron chi connectivity index (χ0n) is 14.2. The van der Waals surface area contributed by atoms with Gasteiger partial charge in [0.2, 0.25) is 0 Å². The zero-order valence-corrected chi connectivity index (χ0v) is 15.0. The molecule has 0 fully saturated rings. The Bertz CT molecular complexity index is 1100. The molecule has 0 aliphatic rings. The van der Waals surface area contributed by atoms with E-state index in [-0.39, 0.29) is 0 Å². The van der Waals surface area contributed by atoms with Crippen LogP contribution in [0, 0.1) is 0 Å². The van der Waals surface area contributed by atoms with Crippen LogP contribution in [0.1, 0.15) is 5.56 Å². The molecule has 3 heterocycles. The van der Waals surface area contributed by atoms with Gasteiger partial charge >= 0.3 is 0 Å². The van der Waals surface area contributed by atoms with Crippen molar-refractivity contribution in [3.05, 3.63) is 53.7 Å².